The Labute approximate surface area is 328 Å². The van der Waals surface area contributed by atoms with Crippen molar-refractivity contribution in [2.75, 3.05) is 33.4 Å². The highest BCUT2D eigenvalue weighted by atomic mass is 79.9. The van der Waals surface area contributed by atoms with Crippen molar-refractivity contribution in [3.63, 3.8) is 0 Å². The Morgan fingerprint density at radius 2 is 0.941 bits per heavy atom. The van der Waals surface area contributed by atoms with Gasteiger partial charge >= 0.3 is 5.97 Å². The number of esters is 1. The molecule has 7 heteroatoms. The molecule has 0 aromatic rings. The third-order valence-electron chi connectivity index (χ3n) is 9.02. The van der Waals surface area contributed by atoms with Crippen LogP contribution in [-0.4, -0.2) is 61.3 Å². The summed E-state index contributed by atoms with van der Waals surface area (Å²) in [5, 5.41) is 0. The monoisotopic (exact) mass is 792 g/mol. The van der Waals surface area contributed by atoms with Crippen LogP contribution >= 0.6 is 15.9 Å². The van der Waals surface area contributed by atoms with Crippen molar-refractivity contribution in [2.24, 2.45) is 11.8 Å². The number of carbonyl (C=O) groups excluding carboxylic acids is 3. The first kappa shape index (κ1) is 56.8. The van der Waals surface area contributed by atoms with E-state index in [9.17, 15) is 14.4 Å². The van der Waals surface area contributed by atoms with Gasteiger partial charge in [0.2, 0.25) is 5.91 Å². The Kier molecular flexibility index (Phi) is 54.6. The van der Waals surface area contributed by atoms with E-state index < -0.39 is 0 Å². The predicted molar refractivity (Wildman–Crippen MR) is 227 cm³/mol. The van der Waals surface area contributed by atoms with Crippen molar-refractivity contribution < 1.29 is 23.9 Å². The summed E-state index contributed by atoms with van der Waals surface area (Å²) in [5.74, 6) is 0.238. The summed E-state index contributed by atoms with van der Waals surface area (Å²) in [6.07, 6.45) is 30.5. The molecule has 1 amide bonds. The van der Waals surface area contributed by atoms with Crippen molar-refractivity contribution in [1.82, 2.24) is 4.90 Å². The third kappa shape index (κ3) is 41.7. The highest BCUT2D eigenvalue weighted by Gasteiger charge is 2.22. The molecule has 6 nitrogen and oxygen atoms in total. The molecule has 3 unspecified atom stereocenters. The lowest BCUT2D eigenvalue weighted by Gasteiger charge is -2.24. The maximum atomic E-state index is 12.7. The molecule has 0 heterocycles. The first-order valence-corrected chi connectivity index (χ1v) is 22.8. The van der Waals surface area contributed by atoms with Crippen LogP contribution in [0, 0.1) is 11.8 Å². The smallest absolute Gasteiger partial charge is 0.308 e. The molecule has 308 valence electrons. The predicted octanol–water partition coefficient (Wildman–Crippen LogP) is 13.7. The number of ether oxygens (including phenoxy) is 2. The van der Waals surface area contributed by atoms with Gasteiger partial charge in [-0.3, -0.25) is 9.59 Å². The topological polar surface area (TPSA) is 72.9 Å². The van der Waals surface area contributed by atoms with Crippen LogP contribution in [-0.2, 0) is 23.9 Å². The zero-order chi connectivity index (χ0) is 39.4. The average Bonchev–Trinajstić information content (AvgIpc) is 3.15. The second kappa shape index (κ2) is 49.0. The van der Waals surface area contributed by atoms with Crippen LogP contribution in [0.5, 0.6) is 0 Å². The van der Waals surface area contributed by atoms with Crippen molar-refractivity contribution in [3.05, 3.63) is 0 Å². The summed E-state index contributed by atoms with van der Waals surface area (Å²) in [5.41, 5.74) is 0. The molecule has 0 aromatic carbocycles. The molecule has 0 aromatic heterocycles. The van der Waals surface area contributed by atoms with E-state index in [2.05, 4.69) is 43.6 Å². The lowest BCUT2D eigenvalue weighted by Crippen LogP contribution is -2.40. The first-order chi connectivity index (χ1) is 24.8. The van der Waals surface area contributed by atoms with Crippen molar-refractivity contribution in [1.29, 1.82) is 0 Å². The van der Waals surface area contributed by atoms with Crippen LogP contribution in [0.2, 0.25) is 0 Å². The van der Waals surface area contributed by atoms with Crippen LogP contribution in [0.25, 0.3) is 0 Å². The van der Waals surface area contributed by atoms with Gasteiger partial charge < -0.3 is 19.2 Å². The van der Waals surface area contributed by atoms with E-state index in [0.717, 1.165) is 38.5 Å². The summed E-state index contributed by atoms with van der Waals surface area (Å²) in [6, 6.07) is 0. The molecule has 0 fully saturated rings. The number of methoxy groups -OCH3 is 1. The van der Waals surface area contributed by atoms with Gasteiger partial charge in [-0.25, -0.2) is 0 Å². The van der Waals surface area contributed by atoms with E-state index in [4.69, 9.17) is 9.47 Å². The molecule has 0 rings (SSSR count). The summed E-state index contributed by atoms with van der Waals surface area (Å²) >= 11 is 3.33. The quantitative estimate of drug-likeness (QED) is 0.0286. The second-order valence-electron chi connectivity index (χ2n) is 13.5. The lowest BCUT2D eigenvalue weighted by atomic mass is 9.94. The molecule has 0 saturated carbocycles. The van der Waals surface area contributed by atoms with Gasteiger partial charge in [-0.1, -0.05) is 200 Å². The van der Waals surface area contributed by atoms with Crippen LogP contribution in [0.3, 0.4) is 0 Å². The standard InChI is InChI=1S/C24H46BrNO4.C16H32O.2C2H6/c1-5-7-9-11-12-14-16-22(15-13-10-8-6-2)24(28)30-20-18-26(17-19-29-4)23(27)21(3)25;1-3-5-7-9-10-12-14-16(15-17)13-11-8-6-4-2;2*1-2/h21-22H,5-20H2,1-4H3;15-16H,3-14H2,1-2H3;2*1-2H3. The fourth-order valence-electron chi connectivity index (χ4n) is 5.83. The second-order valence-corrected chi connectivity index (χ2v) is 14.9. The number of hydrogen-bond donors (Lipinski definition) is 0. The van der Waals surface area contributed by atoms with E-state index in [1.54, 1.807) is 18.9 Å². The molecule has 51 heavy (non-hydrogen) atoms. The molecule has 0 saturated heterocycles. The van der Waals surface area contributed by atoms with Crippen molar-refractivity contribution >= 4 is 34.1 Å². The molecule has 0 spiro atoms. The zero-order valence-corrected chi connectivity index (χ0v) is 37.6. The molecule has 0 aliphatic rings. The fraction of sp³-hybridized carbons (Fsp3) is 0.932. The number of halogens is 1. The highest BCUT2D eigenvalue weighted by molar-refractivity contribution is 9.10. The van der Waals surface area contributed by atoms with E-state index in [1.165, 1.54) is 122 Å². The molecule has 0 N–H and O–H groups in total. The number of unbranched alkanes of at least 4 members (excludes halogenated alkanes) is 16. The van der Waals surface area contributed by atoms with Gasteiger partial charge in [0.25, 0.3) is 0 Å². The van der Waals surface area contributed by atoms with Gasteiger partial charge in [0, 0.05) is 19.6 Å². The van der Waals surface area contributed by atoms with Crippen LogP contribution < -0.4 is 0 Å². The number of aldehydes is 1. The number of hydrogen-bond acceptors (Lipinski definition) is 5. The van der Waals surface area contributed by atoms with Gasteiger partial charge in [-0.15, -0.1) is 0 Å². The normalized spacial score (nSPS) is 12.1. The number of alkyl halides is 1. The Morgan fingerprint density at radius 1 is 0.588 bits per heavy atom. The molecule has 3 atom stereocenters. The number of rotatable bonds is 33. The van der Waals surface area contributed by atoms with E-state index in [1.807, 2.05) is 27.7 Å². The molecule has 0 aliphatic carbocycles. The Bertz CT molecular complexity index is 690. The van der Waals surface area contributed by atoms with Gasteiger partial charge in [0.1, 0.15) is 12.9 Å². The minimum atomic E-state index is -0.260. The SMILES string of the molecule is CC.CC.CCCCCCCCC(C=O)CCCCCC.CCCCCCCCC(CCCCCC)C(=O)OCCN(CCOC)C(=O)C(C)Br. The highest BCUT2D eigenvalue weighted by Crippen LogP contribution is 2.21. The summed E-state index contributed by atoms with van der Waals surface area (Å²) in [4.78, 5) is 37.4. The minimum absolute atomic E-state index is 0.00806. The molecule has 0 radical (unpaired) electrons. The number of carbonyl (C=O) groups is 3. The van der Waals surface area contributed by atoms with Crippen LogP contribution in [0.1, 0.15) is 216 Å². The first-order valence-electron chi connectivity index (χ1n) is 21.9. The maximum absolute atomic E-state index is 12.7. The van der Waals surface area contributed by atoms with E-state index in [-0.39, 0.29) is 29.2 Å². The van der Waals surface area contributed by atoms with Crippen molar-refractivity contribution in [3.8, 4) is 0 Å². The summed E-state index contributed by atoms with van der Waals surface area (Å²) in [7, 11) is 1.62. The molecule has 0 bridgehead atoms. The molecular weight excluding hydrogens is 702 g/mol. The largest absolute Gasteiger partial charge is 0.464 e. The van der Waals surface area contributed by atoms with Gasteiger partial charge in [0.15, 0.2) is 0 Å². The minimum Gasteiger partial charge on any atom is -0.464 e. The fourth-order valence-corrected chi connectivity index (χ4v) is 6.12. The Balaban J connectivity index is -0.000000445. The van der Waals surface area contributed by atoms with E-state index in [0.29, 0.717) is 25.6 Å². The summed E-state index contributed by atoms with van der Waals surface area (Å²) in [6.45, 7) is 20.3. The van der Waals surface area contributed by atoms with Gasteiger partial charge in [0.05, 0.1) is 23.9 Å². The average molecular weight is 793 g/mol. The maximum Gasteiger partial charge on any atom is 0.308 e. The van der Waals surface area contributed by atoms with Crippen LogP contribution in [0.15, 0.2) is 0 Å². The third-order valence-corrected chi connectivity index (χ3v) is 9.41. The van der Waals surface area contributed by atoms with Crippen LogP contribution in [0.4, 0.5) is 0 Å². The van der Waals surface area contributed by atoms with E-state index >= 15 is 0 Å². The number of nitrogens with zero attached hydrogens (tertiary/aromatic N) is 1. The number of amides is 1. The zero-order valence-electron chi connectivity index (χ0n) is 36.0. The Morgan fingerprint density at radius 3 is 1.31 bits per heavy atom. The van der Waals surface area contributed by atoms with Gasteiger partial charge in [-0.2, -0.15) is 0 Å². The lowest BCUT2D eigenvalue weighted by molar-refractivity contribution is -0.151. The Hall–Kier alpha value is -0.950. The van der Waals surface area contributed by atoms with Gasteiger partial charge in [-0.05, 0) is 32.6 Å². The summed E-state index contributed by atoms with van der Waals surface area (Å²) < 4.78 is 10.7. The molecule has 0 aliphatic heterocycles. The molecular formula is C44H90BrNO5. The van der Waals surface area contributed by atoms with Crippen molar-refractivity contribution in [2.45, 2.75) is 221 Å².